The zero-order valence-corrected chi connectivity index (χ0v) is 18.2. The summed E-state index contributed by atoms with van der Waals surface area (Å²) < 4.78 is 30.8. The van der Waals surface area contributed by atoms with Gasteiger partial charge in [0, 0.05) is 30.6 Å². The number of aromatic nitrogens is 2. The highest BCUT2D eigenvalue weighted by Crippen LogP contribution is 2.32. The van der Waals surface area contributed by atoms with Gasteiger partial charge in [0.2, 0.25) is 10.0 Å². The van der Waals surface area contributed by atoms with Crippen LogP contribution in [0.4, 0.5) is 0 Å². The number of methoxy groups -OCH3 is 1. The number of hydrogen-bond acceptors (Lipinski definition) is 6. The quantitative estimate of drug-likeness (QED) is 0.511. The van der Waals surface area contributed by atoms with Gasteiger partial charge in [0.15, 0.2) is 0 Å². The lowest BCUT2D eigenvalue weighted by atomic mass is 10.1. The fourth-order valence-corrected chi connectivity index (χ4v) is 4.91. The van der Waals surface area contributed by atoms with Crippen molar-refractivity contribution in [2.24, 2.45) is 0 Å². The molecule has 0 saturated carbocycles. The molecule has 0 radical (unpaired) electrons. The van der Waals surface area contributed by atoms with Crippen LogP contribution in [0.5, 0.6) is 5.75 Å². The van der Waals surface area contributed by atoms with Crippen LogP contribution in [0.3, 0.4) is 0 Å². The third kappa shape index (κ3) is 3.51. The van der Waals surface area contributed by atoms with Crippen LogP contribution in [-0.2, 0) is 10.0 Å². The van der Waals surface area contributed by atoms with Crippen LogP contribution < -0.4 is 10.3 Å². The smallest absolute Gasteiger partial charge is 0.260 e. The molecule has 0 spiro atoms. The SMILES string of the molecule is COc1ccc(-c2csc3nc(-c4ccc(S(=O)(=O)N(C)C)cc4)[nH]c(=O)c23)cc1. The number of ether oxygens (including phenoxy) is 1. The Bertz CT molecular complexity index is 1370. The minimum Gasteiger partial charge on any atom is -0.497 e. The third-order valence-corrected chi connectivity index (χ3v) is 7.45. The van der Waals surface area contributed by atoms with Crippen LogP contribution in [0, 0.1) is 0 Å². The van der Waals surface area contributed by atoms with Crippen molar-refractivity contribution in [2.45, 2.75) is 4.90 Å². The maximum atomic E-state index is 12.9. The molecular weight excluding hydrogens is 422 g/mol. The van der Waals surface area contributed by atoms with Crippen molar-refractivity contribution in [3.05, 3.63) is 64.3 Å². The van der Waals surface area contributed by atoms with Gasteiger partial charge < -0.3 is 9.72 Å². The van der Waals surface area contributed by atoms with E-state index < -0.39 is 10.0 Å². The lowest BCUT2D eigenvalue weighted by molar-refractivity contribution is 0.415. The van der Waals surface area contributed by atoms with Crippen LogP contribution >= 0.6 is 11.3 Å². The predicted molar refractivity (Wildman–Crippen MR) is 119 cm³/mol. The summed E-state index contributed by atoms with van der Waals surface area (Å²) in [6.45, 7) is 0. The largest absolute Gasteiger partial charge is 0.497 e. The highest BCUT2D eigenvalue weighted by Gasteiger charge is 2.18. The van der Waals surface area contributed by atoms with E-state index in [-0.39, 0.29) is 10.5 Å². The van der Waals surface area contributed by atoms with E-state index in [2.05, 4.69) is 9.97 Å². The highest BCUT2D eigenvalue weighted by atomic mass is 32.2. The second-order valence-electron chi connectivity index (χ2n) is 6.78. The second kappa shape index (κ2) is 7.67. The van der Waals surface area contributed by atoms with E-state index in [0.29, 0.717) is 21.6 Å². The zero-order chi connectivity index (χ0) is 21.5. The number of benzene rings is 2. The first-order valence-electron chi connectivity index (χ1n) is 9.00. The molecule has 7 nitrogen and oxygen atoms in total. The van der Waals surface area contributed by atoms with Crippen LogP contribution in [-0.4, -0.2) is 43.9 Å². The van der Waals surface area contributed by atoms with E-state index in [1.807, 2.05) is 29.6 Å². The number of fused-ring (bicyclic) bond motifs is 1. The molecular formula is C21H19N3O4S2. The van der Waals surface area contributed by atoms with Gasteiger partial charge in [-0.05, 0) is 42.0 Å². The molecule has 1 N–H and O–H groups in total. The fourth-order valence-electron chi connectivity index (χ4n) is 3.06. The van der Waals surface area contributed by atoms with Gasteiger partial charge in [-0.25, -0.2) is 17.7 Å². The van der Waals surface area contributed by atoms with Crippen LogP contribution in [0.1, 0.15) is 0 Å². The summed E-state index contributed by atoms with van der Waals surface area (Å²) in [5.41, 5.74) is 2.10. The van der Waals surface area contributed by atoms with Gasteiger partial charge in [-0.1, -0.05) is 12.1 Å². The number of H-pyrrole nitrogens is 1. The summed E-state index contributed by atoms with van der Waals surface area (Å²) in [5.74, 6) is 1.14. The molecule has 0 unspecified atom stereocenters. The molecule has 2 aromatic carbocycles. The summed E-state index contributed by atoms with van der Waals surface area (Å²) >= 11 is 1.39. The van der Waals surface area contributed by atoms with Crippen molar-refractivity contribution in [1.29, 1.82) is 0 Å². The maximum absolute atomic E-state index is 12.9. The van der Waals surface area contributed by atoms with Crippen molar-refractivity contribution in [2.75, 3.05) is 21.2 Å². The molecule has 0 saturated heterocycles. The molecule has 2 heterocycles. The van der Waals surface area contributed by atoms with Crippen LogP contribution in [0.25, 0.3) is 32.7 Å². The number of thiophene rings is 1. The molecule has 0 amide bonds. The zero-order valence-electron chi connectivity index (χ0n) is 16.5. The Kier molecular flexibility index (Phi) is 5.19. The van der Waals surface area contributed by atoms with Gasteiger partial charge in [-0.15, -0.1) is 11.3 Å². The van der Waals surface area contributed by atoms with E-state index >= 15 is 0 Å². The van der Waals surface area contributed by atoms with E-state index in [0.717, 1.165) is 21.2 Å². The van der Waals surface area contributed by atoms with Crippen molar-refractivity contribution in [3.8, 4) is 28.3 Å². The standard InChI is InChI=1S/C21H19N3O4S2/c1-24(2)30(26,27)16-10-6-14(7-11-16)19-22-20(25)18-17(12-29-21(18)23-19)13-4-8-15(28-3)9-5-13/h4-12H,1-3H3,(H,22,23,25). The van der Waals surface area contributed by atoms with Gasteiger partial charge in [-0.2, -0.15) is 0 Å². The molecule has 2 aromatic heterocycles. The molecule has 4 rings (SSSR count). The molecule has 0 aliphatic carbocycles. The molecule has 0 bridgehead atoms. The van der Waals surface area contributed by atoms with Gasteiger partial charge in [0.1, 0.15) is 16.4 Å². The Labute approximate surface area is 177 Å². The number of rotatable bonds is 5. The lowest BCUT2D eigenvalue weighted by Crippen LogP contribution is -2.22. The Morgan fingerprint density at radius 1 is 1.00 bits per heavy atom. The van der Waals surface area contributed by atoms with E-state index in [1.54, 1.807) is 19.2 Å². The monoisotopic (exact) mass is 441 g/mol. The Morgan fingerprint density at radius 2 is 1.63 bits per heavy atom. The maximum Gasteiger partial charge on any atom is 0.260 e. The summed E-state index contributed by atoms with van der Waals surface area (Å²) in [6, 6.07) is 13.8. The number of nitrogens with zero attached hydrogens (tertiary/aromatic N) is 2. The first kappa shape index (κ1) is 20.3. The van der Waals surface area contributed by atoms with Gasteiger partial charge in [0.25, 0.3) is 5.56 Å². The molecule has 9 heteroatoms. The summed E-state index contributed by atoms with van der Waals surface area (Å²) in [6.07, 6.45) is 0. The molecule has 0 fully saturated rings. The van der Waals surface area contributed by atoms with Crippen molar-refractivity contribution < 1.29 is 13.2 Å². The summed E-state index contributed by atoms with van der Waals surface area (Å²) in [5, 5.41) is 2.44. The first-order chi connectivity index (χ1) is 14.3. The minimum absolute atomic E-state index is 0.178. The molecule has 0 aliphatic heterocycles. The van der Waals surface area contributed by atoms with E-state index in [9.17, 15) is 13.2 Å². The van der Waals surface area contributed by atoms with Crippen molar-refractivity contribution in [3.63, 3.8) is 0 Å². The Morgan fingerprint density at radius 3 is 2.23 bits per heavy atom. The average molecular weight is 442 g/mol. The highest BCUT2D eigenvalue weighted by molar-refractivity contribution is 7.89. The van der Waals surface area contributed by atoms with Gasteiger partial charge >= 0.3 is 0 Å². The van der Waals surface area contributed by atoms with Gasteiger partial charge in [-0.3, -0.25) is 4.79 Å². The van der Waals surface area contributed by atoms with Crippen LogP contribution in [0.2, 0.25) is 0 Å². The van der Waals surface area contributed by atoms with E-state index in [4.69, 9.17) is 4.74 Å². The first-order valence-corrected chi connectivity index (χ1v) is 11.3. The minimum atomic E-state index is -3.52. The topological polar surface area (TPSA) is 92.4 Å². The molecule has 4 aromatic rings. The molecule has 0 aliphatic rings. The lowest BCUT2D eigenvalue weighted by Gasteiger charge is -2.11. The second-order valence-corrected chi connectivity index (χ2v) is 9.79. The normalized spacial score (nSPS) is 11.9. The fraction of sp³-hybridized carbons (Fsp3) is 0.143. The number of hydrogen-bond donors (Lipinski definition) is 1. The third-order valence-electron chi connectivity index (χ3n) is 4.75. The predicted octanol–water partition coefficient (Wildman–Crippen LogP) is 3.58. The van der Waals surface area contributed by atoms with Crippen LogP contribution in [0.15, 0.2) is 63.6 Å². The van der Waals surface area contributed by atoms with Crippen molar-refractivity contribution >= 4 is 31.6 Å². The molecule has 0 atom stereocenters. The number of aromatic amines is 1. The van der Waals surface area contributed by atoms with Crippen molar-refractivity contribution in [1.82, 2.24) is 14.3 Å². The average Bonchev–Trinajstić information content (AvgIpc) is 3.18. The Balaban J connectivity index is 1.75. The Hall–Kier alpha value is -3.01. The number of nitrogens with one attached hydrogen (secondary N) is 1. The summed E-state index contributed by atoms with van der Waals surface area (Å²) in [4.78, 5) is 21.1. The van der Waals surface area contributed by atoms with Gasteiger partial charge in [0.05, 0.1) is 17.4 Å². The van der Waals surface area contributed by atoms with E-state index in [1.165, 1.54) is 37.6 Å². The number of sulfonamides is 1. The molecule has 30 heavy (non-hydrogen) atoms. The summed E-state index contributed by atoms with van der Waals surface area (Å²) in [7, 11) is 1.05. The molecule has 154 valence electrons.